The van der Waals surface area contributed by atoms with Crippen molar-refractivity contribution in [2.75, 3.05) is 0 Å². The van der Waals surface area contributed by atoms with E-state index in [4.69, 9.17) is 0 Å². The fraction of sp³-hybridized carbons (Fsp3) is 0.714. The van der Waals surface area contributed by atoms with Gasteiger partial charge in [0, 0.05) is 0 Å². The van der Waals surface area contributed by atoms with Gasteiger partial charge in [-0.1, -0.05) is 19.8 Å². The van der Waals surface area contributed by atoms with Crippen molar-refractivity contribution in [2.24, 2.45) is 0 Å². The predicted octanol–water partition coefficient (Wildman–Crippen LogP) is 0.448. The van der Waals surface area contributed by atoms with Crippen molar-refractivity contribution < 1.29 is 10.1 Å². The number of hydrogen-bond acceptors (Lipinski definition) is 1. The molecule has 0 aliphatic heterocycles. The Morgan fingerprint density at radius 2 is 2.22 bits per heavy atom. The minimum Gasteiger partial charge on any atom is -0.415 e. The van der Waals surface area contributed by atoms with E-state index < -0.39 is 0 Å². The lowest BCUT2D eigenvalue weighted by molar-refractivity contribution is -0.507. The van der Waals surface area contributed by atoms with Gasteiger partial charge in [0.1, 0.15) is 0 Å². The van der Waals surface area contributed by atoms with Crippen LogP contribution in [0.4, 0.5) is 0 Å². The molecule has 0 saturated carbocycles. The summed E-state index contributed by atoms with van der Waals surface area (Å²) in [6.45, 7) is 2.12. The van der Waals surface area contributed by atoms with E-state index in [1.54, 1.807) is 0 Å². The Morgan fingerprint density at radius 1 is 1.56 bits per heavy atom. The van der Waals surface area contributed by atoms with E-state index in [-0.39, 0.29) is 5.91 Å². The van der Waals surface area contributed by atoms with Crippen LogP contribution >= 0.6 is 0 Å². The summed E-state index contributed by atoms with van der Waals surface area (Å²) in [5.41, 5.74) is 0. The zero-order valence-corrected chi connectivity index (χ0v) is 6.02. The van der Waals surface area contributed by atoms with Gasteiger partial charge < -0.3 is 5.32 Å². The molecule has 54 valence electrons. The average Bonchev–Trinajstić information content (AvgIpc) is 1.89. The Balaban J connectivity index is 2.97. The summed E-state index contributed by atoms with van der Waals surface area (Å²) in [4.78, 5) is 10.6. The molecule has 2 N–H and O–H groups in total. The third-order valence-corrected chi connectivity index (χ3v) is 1.25. The van der Waals surface area contributed by atoms with Crippen LogP contribution in [0.5, 0.6) is 0 Å². The molecule has 0 aliphatic rings. The molecular weight excluding hydrogens is 114 g/mol. The summed E-state index contributed by atoms with van der Waals surface area (Å²) in [6.07, 6.45) is 4.02. The second-order valence-electron chi connectivity index (χ2n) is 2.13. The molecule has 0 aromatic carbocycles. The molecule has 0 unspecified atom stereocenters. The van der Waals surface area contributed by atoms with Crippen LogP contribution in [0.2, 0.25) is 0 Å². The van der Waals surface area contributed by atoms with E-state index in [0.29, 0.717) is 6.42 Å². The molecule has 2 heteroatoms. The molecule has 0 atom stereocenters. The van der Waals surface area contributed by atoms with Gasteiger partial charge in [-0.25, -0.2) is 4.79 Å². The molecule has 0 aromatic heterocycles. The van der Waals surface area contributed by atoms with Crippen LogP contribution in [0.25, 0.3) is 0 Å². The normalized spacial score (nSPS) is 9.56. The second-order valence-corrected chi connectivity index (χ2v) is 2.13. The summed E-state index contributed by atoms with van der Waals surface area (Å²) >= 11 is 0. The number of amides is 1. The molecule has 0 spiro atoms. The van der Waals surface area contributed by atoms with Gasteiger partial charge in [-0.15, -0.1) is 7.05 Å². The maximum Gasteiger partial charge on any atom is 0.284 e. The maximum atomic E-state index is 10.6. The highest BCUT2D eigenvalue weighted by molar-refractivity contribution is 5.65. The highest BCUT2D eigenvalue weighted by atomic mass is 16.1. The number of primary amides is 1. The molecule has 9 heavy (non-hydrogen) atoms. The Bertz CT molecular complexity index is 81.0. The number of carbonyl (C=O) groups excluding carboxylic acids is 1. The van der Waals surface area contributed by atoms with Gasteiger partial charge in [-0.05, 0) is 6.42 Å². The van der Waals surface area contributed by atoms with E-state index in [9.17, 15) is 4.79 Å². The third kappa shape index (κ3) is 5.50. The molecule has 0 fully saturated rings. The van der Waals surface area contributed by atoms with Crippen molar-refractivity contribution in [3.63, 3.8) is 0 Å². The lowest BCUT2D eigenvalue weighted by atomic mass is 10.2. The van der Waals surface area contributed by atoms with Crippen LogP contribution in [0.3, 0.4) is 0 Å². The number of hydrogen-bond donors (Lipinski definition) is 1. The molecule has 1 amide bonds. The summed E-state index contributed by atoms with van der Waals surface area (Å²) < 4.78 is 0. The van der Waals surface area contributed by atoms with Crippen LogP contribution in [-0.2, 0) is 4.79 Å². The van der Waals surface area contributed by atoms with E-state index >= 15 is 0 Å². The first kappa shape index (κ1) is 8.63. The summed E-state index contributed by atoms with van der Waals surface area (Å²) in [6, 6.07) is 0. The molecule has 0 radical (unpaired) electrons. The van der Waals surface area contributed by atoms with Crippen LogP contribution < -0.4 is 5.32 Å². The second kappa shape index (κ2) is 5.76. The van der Waals surface area contributed by atoms with E-state index in [0.717, 1.165) is 12.8 Å². The van der Waals surface area contributed by atoms with Gasteiger partial charge in [0.2, 0.25) is 0 Å². The van der Waals surface area contributed by atoms with E-state index in [1.807, 2.05) is 0 Å². The van der Waals surface area contributed by atoms with Crippen molar-refractivity contribution in [3.8, 4) is 0 Å². The zero-order chi connectivity index (χ0) is 7.11. The standard InChI is InChI=1S/C7H15NO/c1-3-4-5-6-7(9)8-2/h2-6,8H2,1H3. The Hall–Kier alpha value is -0.370. The van der Waals surface area contributed by atoms with Crippen molar-refractivity contribution in [1.29, 1.82) is 0 Å². The van der Waals surface area contributed by atoms with Crippen molar-refractivity contribution in [1.82, 2.24) is 0 Å². The quantitative estimate of drug-likeness (QED) is 0.434. The molecular formula is C7H15NO. The van der Waals surface area contributed by atoms with Gasteiger partial charge in [0.25, 0.3) is 5.91 Å². The fourth-order valence-electron chi connectivity index (χ4n) is 0.651. The zero-order valence-electron chi connectivity index (χ0n) is 6.02. The van der Waals surface area contributed by atoms with Gasteiger partial charge >= 0.3 is 0 Å². The van der Waals surface area contributed by atoms with Crippen LogP contribution in [0, 0.1) is 7.05 Å². The first-order valence-electron chi connectivity index (χ1n) is 3.46. The van der Waals surface area contributed by atoms with Crippen LogP contribution in [-0.4, -0.2) is 5.91 Å². The molecule has 0 aliphatic carbocycles. The van der Waals surface area contributed by atoms with Gasteiger partial charge in [-0.2, -0.15) is 0 Å². The van der Waals surface area contributed by atoms with Crippen molar-refractivity contribution in [2.45, 2.75) is 32.6 Å². The summed E-state index contributed by atoms with van der Waals surface area (Å²) in [7, 11) is 3.39. The Labute approximate surface area is 56.6 Å². The number of quaternary nitrogens is 1. The Kier molecular flexibility index (Phi) is 5.52. The first-order chi connectivity index (χ1) is 4.31. The van der Waals surface area contributed by atoms with E-state index in [2.05, 4.69) is 14.0 Å². The minimum atomic E-state index is 0.170. The molecule has 2 nitrogen and oxygen atoms in total. The largest absolute Gasteiger partial charge is 0.415 e. The van der Waals surface area contributed by atoms with Crippen LogP contribution in [0.15, 0.2) is 0 Å². The van der Waals surface area contributed by atoms with Crippen LogP contribution in [0.1, 0.15) is 32.6 Å². The highest BCUT2D eigenvalue weighted by Gasteiger charge is 1.96. The molecule has 0 bridgehead atoms. The number of rotatable bonds is 4. The lowest BCUT2D eigenvalue weighted by Crippen LogP contribution is -2.81. The highest BCUT2D eigenvalue weighted by Crippen LogP contribution is 1.96. The third-order valence-electron chi connectivity index (χ3n) is 1.25. The number of carbonyl (C=O) groups is 1. The first-order valence-corrected chi connectivity index (χ1v) is 3.46. The topological polar surface area (TPSA) is 33.7 Å². The summed E-state index contributed by atoms with van der Waals surface area (Å²) in [5, 5.41) is 1.40. The SMILES string of the molecule is [CH2-][NH2+]C(=O)CCCCC. The smallest absolute Gasteiger partial charge is 0.284 e. The fourth-order valence-corrected chi connectivity index (χ4v) is 0.651. The average molecular weight is 129 g/mol. The molecule has 0 rings (SSSR count). The van der Waals surface area contributed by atoms with Gasteiger partial charge in [-0.3, -0.25) is 0 Å². The minimum absolute atomic E-state index is 0.170. The van der Waals surface area contributed by atoms with Crippen molar-refractivity contribution >= 4 is 5.91 Å². The predicted molar refractivity (Wildman–Crippen MR) is 36.4 cm³/mol. The maximum absolute atomic E-state index is 10.6. The molecule has 0 saturated heterocycles. The Morgan fingerprint density at radius 3 is 2.67 bits per heavy atom. The monoisotopic (exact) mass is 129 g/mol. The lowest BCUT2D eigenvalue weighted by Gasteiger charge is -1.95. The van der Waals surface area contributed by atoms with Gasteiger partial charge in [0.05, 0.1) is 6.42 Å². The number of unbranched alkanes of at least 4 members (excludes halogenated alkanes) is 2. The van der Waals surface area contributed by atoms with E-state index in [1.165, 1.54) is 11.7 Å². The van der Waals surface area contributed by atoms with Crippen molar-refractivity contribution in [3.05, 3.63) is 7.05 Å². The summed E-state index contributed by atoms with van der Waals surface area (Å²) in [5.74, 6) is 0.170. The molecule has 0 aromatic rings. The van der Waals surface area contributed by atoms with Gasteiger partial charge in [0.15, 0.2) is 0 Å². The molecule has 0 heterocycles. The number of nitrogens with two attached hydrogens (primary N) is 1.